The van der Waals surface area contributed by atoms with Gasteiger partial charge in [-0.05, 0) is 81.0 Å². The van der Waals surface area contributed by atoms with Gasteiger partial charge in [-0.3, -0.25) is 0 Å². The molecule has 0 aromatic carbocycles. The molecular weight excluding hydrogens is 224 g/mol. The third-order valence-corrected chi connectivity index (χ3v) is 6.69. The number of thiol groups is 1. The van der Waals surface area contributed by atoms with Crippen LogP contribution in [0.25, 0.3) is 0 Å². The SMILES string of the molecule is CC=CC1CC1C1C2CC3CC1CC(S)(C3)C2. The van der Waals surface area contributed by atoms with Crippen molar-refractivity contribution < 1.29 is 0 Å². The van der Waals surface area contributed by atoms with Crippen LogP contribution in [0.1, 0.15) is 45.4 Å². The quantitative estimate of drug-likeness (QED) is 0.546. The maximum absolute atomic E-state index is 5.03. The molecule has 0 N–H and O–H groups in total. The van der Waals surface area contributed by atoms with Crippen molar-refractivity contribution in [1.82, 2.24) is 0 Å². The maximum Gasteiger partial charge on any atom is 0.0138 e. The fourth-order valence-corrected chi connectivity index (χ4v) is 6.59. The van der Waals surface area contributed by atoms with Crippen LogP contribution in [-0.2, 0) is 0 Å². The Labute approximate surface area is 111 Å². The minimum absolute atomic E-state index is 0.456. The molecule has 1 heteroatoms. The molecule has 4 atom stereocenters. The van der Waals surface area contributed by atoms with Crippen molar-refractivity contribution in [3.8, 4) is 0 Å². The molecule has 5 fully saturated rings. The smallest absolute Gasteiger partial charge is 0.0138 e. The highest BCUT2D eigenvalue weighted by atomic mass is 32.1. The summed E-state index contributed by atoms with van der Waals surface area (Å²) < 4.78 is 0.456. The van der Waals surface area contributed by atoms with E-state index in [1.54, 1.807) is 12.8 Å². The van der Waals surface area contributed by atoms with Crippen LogP contribution in [-0.4, -0.2) is 4.75 Å². The van der Waals surface area contributed by atoms with Crippen LogP contribution in [0.3, 0.4) is 0 Å². The van der Waals surface area contributed by atoms with Crippen molar-refractivity contribution in [3.05, 3.63) is 12.2 Å². The molecule has 5 saturated carbocycles. The van der Waals surface area contributed by atoms with Crippen LogP contribution in [0.15, 0.2) is 12.2 Å². The van der Waals surface area contributed by atoms with Crippen molar-refractivity contribution in [2.24, 2.45) is 35.5 Å². The van der Waals surface area contributed by atoms with Crippen molar-refractivity contribution in [1.29, 1.82) is 0 Å². The Kier molecular flexibility index (Phi) is 2.29. The van der Waals surface area contributed by atoms with Gasteiger partial charge in [0, 0.05) is 4.75 Å². The molecule has 0 radical (unpaired) electrons. The number of hydrogen-bond acceptors (Lipinski definition) is 1. The Morgan fingerprint density at radius 3 is 2.35 bits per heavy atom. The summed E-state index contributed by atoms with van der Waals surface area (Å²) in [4.78, 5) is 0. The highest BCUT2D eigenvalue weighted by Gasteiger charge is 2.58. The molecule has 0 saturated heterocycles. The van der Waals surface area contributed by atoms with Crippen molar-refractivity contribution in [3.63, 3.8) is 0 Å². The summed E-state index contributed by atoms with van der Waals surface area (Å²) in [5, 5.41) is 0. The number of rotatable bonds is 2. The fraction of sp³-hybridized carbons (Fsp3) is 0.875. The van der Waals surface area contributed by atoms with Crippen LogP contribution in [0.4, 0.5) is 0 Å². The predicted octanol–water partition coefficient (Wildman–Crippen LogP) is 4.32. The van der Waals surface area contributed by atoms with E-state index in [1.807, 2.05) is 0 Å². The molecule has 0 spiro atoms. The van der Waals surface area contributed by atoms with Gasteiger partial charge in [-0.1, -0.05) is 12.2 Å². The first-order chi connectivity index (χ1) is 8.18. The van der Waals surface area contributed by atoms with Gasteiger partial charge in [0.05, 0.1) is 0 Å². The van der Waals surface area contributed by atoms with Crippen molar-refractivity contribution >= 4 is 12.6 Å². The molecule has 4 bridgehead atoms. The summed E-state index contributed by atoms with van der Waals surface area (Å²) >= 11 is 5.03. The third kappa shape index (κ3) is 1.64. The predicted molar refractivity (Wildman–Crippen MR) is 75.2 cm³/mol. The van der Waals surface area contributed by atoms with Crippen LogP contribution in [0.5, 0.6) is 0 Å². The molecule has 5 aliphatic rings. The number of hydrogen-bond donors (Lipinski definition) is 1. The molecule has 0 aromatic heterocycles. The van der Waals surface area contributed by atoms with Gasteiger partial charge in [0.15, 0.2) is 0 Å². The van der Waals surface area contributed by atoms with Gasteiger partial charge < -0.3 is 0 Å². The van der Waals surface area contributed by atoms with Crippen molar-refractivity contribution in [2.45, 2.75) is 50.2 Å². The molecule has 0 nitrogen and oxygen atoms in total. The Hall–Kier alpha value is 0.0900. The van der Waals surface area contributed by atoms with Crippen LogP contribution in [0, 0.1) is 35.5 Å². The second-order valence-corrected chi connectivity index (χ2v) is 8.31. The van der Waals surface area contributed by atoms with Crippen molar-refractivity contribution in [2.75, 3.05) is 0 Å². The summed E-state index contributed by atoms with van der Waals surface area (Å²) in [5.74, 6) is 6.20. The summed E-state index contributed by atoms with van der Waals surface area (Å²) in [5.41, 5.74) is 0. The lowest BCUT2D eigenvalue weighted by Gasteiger charge is -2.59. The summed E-state index contributed by atoms with van der Waals surface area (Å²) in [6.45, 7) is 2.18. The zero-order valence-electron chi connectivity index (χ0n) is 10.8. The Morgan fingerprint density at radius 1 is 1.06 bits per heavy atom. The standard InChI is InChI=1S/C16H24S/c1-2-3-11-6-14(11)15-12-4-10-5-13(15)9-16(17,7-10)8-12/h2-3,10-15,17H,4-9H2,1H3. The highest BCUT2D eigenvalue weighted by molar-refractivity contribution is 7.81. The molecular formula is C16H24S. The summed E-state index contributed by atoms with van der Waals surface area (Å²) in [6, 6.07) is 0. The molecule has 5 aliphatic carbocycles. The van der Waals surface area contributed by atoms with Crippen LogP contribution < -0.4 is 0 Å². The maximum atomic E-state index is 5.03. The van der Waals surface area contributed by atoms with Gasteiger partial charge >= 0.3 is 0 Å². The lowest BCUT2D eigenvalue weighted by molar-refractivity contribution is -0.0318. The lowest BCUT2D eigenvalue weighted by atomic mass is 9.50. The van der Waals surface area contributed by atoms with Gasteiger partial charge in [0.25, 0.3) is 0 Å². The van der Waals surface area contributed by atoms with Gasteiger partial charge in [0.1, 0.15) is 0 Å². The minimum Gasteiger partial charge on any atom is -0.172 e. The first-order valence-corrected chi connectivity index (χ1v) is 7.98. The normalized spacial score (nSPS) is 60.1. The monoisotopic (exact) mass is 248 g/mol. The molecule has 0 amide bonds. The molecule has 17 heavy (non-hydrogen) atoms. The second kappa shape index (κ2) is 3.56. The minimum atomic E-state index is 0.456. The van der Waals surface area contributed by atoms with E-state index in [1.165, 1.54) is 25.7 Å². The van der Waals surface area contributed by atoms with Crippen LogP contribution in [0.2, 0.25) is 0 Å². The molecule has 94 valence electrons. The molecule has 0 aliphatic heterocycles. The lowest BCUT2D eigenvalue weighted by Crippen LogP contribution is -2.52. The second-order valence-electron chi connectivity index (χ2n) is 7.36. The van der Waals surface area contributed by atoms with Gasteiger partial charge in [-0.15, -0.1) is 0 Å². The Balaban J connectivity index is 1.55. The highest BCUT2D eigenvalue weighted by Crippen LogP contribution is 2.66. The zero-order valence-corrected chi connectivity index (χ0v) is 11.7. The van der Waals surface area contributed by atoms with E-state index in [-0.39, 0.29) is 0 Å². The van der Waals surface area contributed by atoms with Gasteiger partial charge in [-0.2, -0.15) is 12.6 Å². The first-order valence-electron chi connectivity index (χ1n) is 7.54. The van der Waals surface area contributed by atoms with Crippen LogP contribution >= 0.6 is 12.6 Å². The Bertz CT molecular complexity index is 343. The summed E-state index contributed by atoms with van der Waals surface area (Å²) in [7, 11) is 0. The fourth-order valence-electron chi connectivity index (χ4n) is 5.87. The average molecular weight is 248 g/mol. The third-order valence-electron chi connectivity index (χ3n) is 6.14. The Morgan fingerprint density at radius 2 is 1.76 bits per heavy atom. The van der Waals surface area contributed by atoms with Gasteiger partial charge in [0.2, 0.25) is 0 Å². The van der Waals surface area contributed by atoms with E-state index in [0.717, 1.165) is 35.5 Å². The average Bonchev–Trinajstić information content (AvgIpc) is 2.94. The number of allylic oxidation sites excluding steroid dienone is 2. The van der Waals surface area contributed by atoms with E-state index in [4.69, 9.17) is 12.6 Å². The zero-order chi connectivity index (χ0) is 11.6. The summed E-state index contributed by atoms with van der Waals surface area (Å²) in [6.07, 6.45) is 13.6. The molecule has 0 heterocycles. The van der Waals surface area contributed by atoms with Gasteiger partial charge in [-0.25, -0.2) is 0 Å². The van der Waals surface area contributed by atoms with E-state index in [0.29, 0.717) is 4.75 Å². The first kappa shape index (κ1) is 11.0. The van der Waals surface area contributed by atoms with E-state index in [2.05, 4.69) is 19.1 Å². The van der Waals surface area contributed by atoms with E-state index in [9.17, 15) is 0 Å². The molecule has 5 rings (SSSR count). The van der Waals surface area contributed by atoms with E-state index >= 15 is 0 Å². The van der Waals surface area contributed by atoms with E-state index < -0.39 is 0 Å². The topological polar surface area (TPSA) is 0 Å². The largest absolute Gasteiger partial charge is 0.172 e. The molecule has 0 aromatic rings. The molecule has 4 unspecified atom stereocenters.